The monoisotopic (exact) mass is 332 g/mol. The Bertz CT molecular complexity index is 605. The topological polar surface area (TPSA) is 157 Å². The van der Waals surface area contributed by atoms with Crippen molar-refractivity contribution >= 4 is 13.5 Å². The van der Waals surface area contributed by atoms with Crippen molar-refractivity contribution in [3.8, 4) is 0 Å². The first-order valence-electron chi connectivity index (χ1n) is 6.54. The van der Waals surface area contributed by atoms with Gasteiger partial charge < -0.3 is 35.0 Å². The molecule has 1 saturated heterocycles. The standard InChI is InChI=1S/C12H17N2O7P/c13-11(17)7-2-1-4-14(6-7)12-10(16)9(15)8(21-12)3-5-22(18,19)20/h1-2,4,6,8-10,12,15-16H,3,5H2,(H3-,13,17,18,19,20)/t8-,9-,10-,12-/m1/s1. The van der Waals surface area contributed by atoms with Crippen LogP contribution in [0.1, 0.15) is 23.0 Å². The molecule has 1 fully saturated rings. The Morgan fingerprint density at radius 2 is 2.14 bits per heavy atom. The molecule has 1 unspecified atom stereocenters. The summed E-state index contributed by atoms with van der Waals surface area (Å²) < 4.78 is 17.6. The van der Waals surface area contributed by atoms with Crippen LogP contribution in [-0.4, -0.2) is 45.5 Å². The highest BCUT2D eigenvalue weighted by molar-refractivity contribution is 7.50. The average molecular weight is 332 g/mol. The van der Waals surface area contributed by atoms with Crippen molar-refractivity contribution < 1.29 is 38.7 Å². The first-order chi connectivity index (χ1) is 10.2. The molecule has 0 spiro atoms. The van der Waals surface area contributed by atoms with Gasteiger partial charge in [0.2, 0.25) is 0 Å². The van der Waals surface area contributed by atoms with Crippen LogP contribution in [-0.2, 0) is 9.30 Å². The van der Waals surface area contributed by atoms with Gasteiger partial charge in [0, 0.05) is 12.2 Å². The van der Waals surface area contributed by atoms with Gasteiger partial charge in [-0.2, -0.15) is 4.57 Å². The highest BCUT2D eigenvalue weighted by atomic mass is 31.2. The van der Waals surface area contributed by atoms with E-state index in [1.54, 1.807) is 0 Å². The molecule has 1 aliphatic rings. The summed E-state index contributed by atoms with van der Waals surface area (Å²) in [6, 6.07) is 3.00. The highest BCUT2D eigenvalue weighted by Crippen LogP contribution is 2.34. The molecule has 5 atom stereocenters. The number of primary amides is 1. The summed E-state index contributed by atoms with van der Waals surface area (Å²) in [5.74, 6) is -0.661. The van der Waals surface area contributed by atoms with Gasteiger partial charge in [-0.15, -0.1) is 0 Å². The molecule has 10 heteroatoms. The third-order valence-electron chi connectivity index (χ3n) is 3.43. The molecule has 5 N–H and O–H groups in total. The third kappa shape index (κ3) is 3.89. The van der Waals surface area contributed by atoms with Crippen LogP contribution in [0.4, 0.5) is 0 Å². The van der Waals surface area contributed by atoms with Gasteiger partial charge >= 0.3 is 0 Å². The second-order valence-corrected chi connectivity index (χ2v) is 6.82. The summed E-state index contributed by atoms with van der Waals surface area (Å²) in [6.07, 6.45) is -2.45. The molecule has 1 aromatic heterocycles. The average Bonchev–Trinajstić information content (AvgIpc) is 2.72. The van der Waals surface area contributed by atoms with E-state index in [-0.39, 0.29) is 12.0 Å². The van der Waals surface area contributed by atoms with Crippen molar-refractivity contribution in [1.82, 2.24) is 0 Å². The molecule has 0 bridgehead atoms. The fourth-order valence-corrected chi connectivity index (χ4v) is 2.88. The quantitative estimate of drug-likeness (QED) is 0.346. The van der Waals surface area contributed by atoms with E-state index in [1.165, 1.54) is 29.1 Å². The Morgan fingerprint density at radius 3 is 2.73 bits per heavy atom. The minimum atomic E-state index is -4.47. The molecule has 2 rings (SSSR count). The number of rotatable bonds is 5. The molecule has 9 nitrogen and oxygen atoms in total. The van der Waals surface area contributed by atoms with Crippen LogP contribution in [0.25, 0.3) is 0 Å². The number of aliphatic hydroxyl groups excluding tert-OH is 2. The number of carbonyl (C=O) groups is 1. The van der Waals surface area contributed by atoms with Crippen LogP contribution >= 0.6 is 7.60 Å². The summed E-state index contributed by atoms with van der Waals surface area (Å²) in [5.41, 5.74) is 5.36. The van der Waals surface area contributed by atoms with E-state index < -0.39 is 44.2 Å². The van der Waals surface area contributed by atoms with Gasteiger partial charge in [-0.3, -0.25) is 4.79 Å². The Morgan fingerprint density at radius 1 is 1.45 bits per heavy atom. The maximum atomic E-state index is 11.2. The van der Waals surface area contributed by atoms with Gasteiger partial charge in [-0.1, -0.05) is 0 Å². The first-order valence-corrected chi connectivity index (χ1v) is 8.30. The number of aromatic nitrogens is 1. The van der Waals surface area contributed by atoms with Crippen LogP contribution in [0.15, 0.2) is 24.5 Å². The molecule has 2 heterocycles. The Labute approximate surface area is 126 Å². The van der Waals surface area contributed by atoms with Crippen molar-refractivity contribution in [2.45, 2.75) is 31.0 Å². The maximum Gasteiger partial charge on any atom is 0.291 e. The van der Waals surface area contributed by atoms with Gasteiger partial charge in [0.15, 0.2) is 18.5 Å². The van der Waals surface area contributed by atoms with Crippen molar-refractivity contribution in [3.05, 3.63) is 30.1 Å². The van der Waals surface area contributed by atoms with Crippen molar-refractivity contribution in [3.63, 3.8) is 0 Å². The Balaban J connectivity index is 2.14. The van der Waals surface area contributed by atoms with E-state index in [0.29, 0.717) is 0 Å². The predicted octanol–water partition coefficient (Wildman–Crippen LogP) is -2.37. The smallest absolute Gasteiger partial charge is 0.291 e. The zero-order valence-corrected chi connectivity index (χ0v) is 12.4. The number of ether oxygens (including phenoxy) is 1. The van der Waals surface area contributed by atoms with Crippen LogP contribution in [0.5, 0.6) is 0 Å². The van der Waals surface area contributed by atoms with Crippen molar-refractivity contribution in [1.29, 1.82) is 0 Å². The minimum absolute atomic E-state index is 0.165. The molecule has 122 valence electrons. The molecule has 0 aromatic carbocycles. The van der Waals surface area contributed by atoms with Crippen molar-refractivity contribution in [2.75, 3.05) is 6.16 Å². The zero-order valence-electron chi connectivity index (χ0n) is 11.5. The largest absolute Gasteiger partial charge is 0.779 e. The van der Waals surface area contributed by atoms with Gasteiger partial charge in [-0.05, 0) is 12.5 Å². The summed E-state index contributed by atoms with van der Waals surface area (Å²) in [4.78, 5) is 30.7. The number of aliphatic hydroxyl groups is 2. The minimum Gasteiger partial charge on any atom is -0.779 e. The molecule has 0 aliphatic carbocycles. The van der Waals surface area contributed by atoms with E-state index in [9.17, 15) is 24.5 Å². The third-order valence-corrected chi connectivity index (χ3v) is 4.26. The second kappa shape index (κ2) is 6.41. The van der Waals surface area contributed by atoms with E-state index in [2.05, 4.69) is 0 Å². The molecular formula is C12H17N2O7P. The number of nitrogens with zero attached hydrogens (tertiary/aromatic N) is 1. The lowest BCUT2D eigenvalue weighted by Gasteiger charge is -2.19. The second-order valence-electron chi connectivity index (χ2n) is 5.10. The molecule has 1 aliphatic heterocycles. The molecule has 22 heavy (non-hydrogen) atoms. The lowest BCUT2D eigenvalue weighted by atomic mass is 10.1. The molecular weight excluding hydrogens is 315 g/mol. The predicted molar refractivity (Wildman–Crippen MR) is 70.4 cm³/mol. The maximum absolute atomic E-state index is 11.2. The van der Waals surface area contributed by atoms with E-state index in [4.69, 9.17) is 15.4 Å². The van der Waals surface area contributed by atoms with Gasteiger partial charge in [0.1, 0.15) is 19.3 Å². The van der Waals surface area contributed by atoms with E-state index >= 15 is 0 Å². The lowest BCUT2D eigenvalue weighted by molar-refractivity contribution is -0.765. The number of carbonyl (C=O) groups excluding carboxylic acids is 1. The Hall–Kier alpha value is -1.35. The van der Waals surface area contributed by atoms with Crippen LogP contribution in [0, 0.1) is 0 Å². The van der Waals surface area contributed by atoms with Crippen LogP contribution in [0.3, 0.4) is 0 Å². The fraction of sp³-hybridized carbons (Fsp3) is 0.500. The fourth-order valence-electron chi connectivity index (χ4n) is 2.30. The summed E-state index contributed by atoms with van der Waals surface area (Å²) in [6.45, 7) is 0. The van der Waals surface area contributed by atoms with Gasteiger partial charge in [-0.25, -0.2) is 0 Å². The van der Waals surface area contributed by atoms with E-state index in [1.807, 2.05) is 0 Å². The molecule has 0 radical (unpaired) electrons. The van der Waals surface area contributed by atoms with Crippen LogP contribution in [0.2, 0.25) is 0 Å². The zero-order chi connectivity index (χ0) is 16.5. The van der Waals surface area contributed by atoms with E-state index in [0.717, 1.165) is 0 Å². The van der Waals surface area contributed by atoms with Crippen LogP contribution < -0.4 is 15.2 Å². The number of pyridine rings is 1. The van der Waals surface area contributed by atoms with Gasteiger partial charge in [0.25, 0.3) is 12.1 Å². The normalized spacial score (nSPS) is 30.9. The SMILES string of the molecule is NC(=O)c1ccc[n+]([C@@H]2O[C@H](CCP(=O)([O-])O)[C@@H](O)[C@H]2O)c1. The molecule has 0 saturated carbocycles. The molecule has 1 aromatic rings. The number of hydrogen-bond donors (Lipinski definition) is 4. The number of hydrogen-bond acceptors (Lipinski definition) is 6. The number of nitrogens with two attached hydrogens (primary N) is 1. The lowest BCUT2D eigenvalue weighted by Crippen LogP contribution is -2.46. The molecule has 1 amide bonds. The number of amides is 1. The Kier molecular flexibility index (Phi) is 4.96. The summed E-state index contributed by atoms with van der Waals surface area (Å²) >= 11 is 0. The summed E-state index contributed by atoms with van der Waals surface area (Å²) in [7, 11) is -4.47. The highest BCUT2D eigenvalue weighted by Gasteiger charge is 2.48. The van der Waals surface area contributed by atoms with Crippen molar-refractivity contribution in [2.24, 2.45) is 5.73 Å². The summed E-state index contributed by atoms with van der Waals surface area (Å²) in [5, 5.41) is 19.9. The van der Waals surface area contributed by atoms with Gasteiger partial charge in [0.05, 0.1) is 6.10 Å². The first kappa shape index (κ1) is 17.0.